The lowest BCUT2D eigenvalue weighted by Gasteiger charge is -2.09. The second kappa shape index (κ2) is 7.88. The number of benzene rings is 2. The van der Waals surface area contributed by atoms with E-state index >= 15 is 0 Å². The molecule has 134 valence electrons. The molecule has 0 aliphatic carbocycles. The number of anilines is 2. The highest BCUT2D eigenvalue weighted by molar-refractivity contribution is 7.10. The van der Waals surface area contributed by atoms with Gasteiger partial charge < -0.3 is 15.8 Å². The molecule has 3 rings (SSSR count). The third-order valence-corrected chi connectivity index (χ3v) is 4.24. The highest BCUT2D eigenvalue weighted by Gasteiger charge is 2.15. The van der Waals surface area contributed by atoms with Gasteiger partial charge in [-0.15, -0.1) is 0 Å². The van der Waals surface area contributed by atoms with E-state index in [0.717, 1.165) is 17.2 Å². The quantitative estimate of drug-likeness (QED) is 0.451. The average Bonchev–Trinajstić information content (AvgIpc) is 2.97. The number of H-pyrrole nitrogens is 1. The number of ether oxygens (including phenoxy) is 1. The Hall–Kier alpha value is -3.06. The fourth-order valence-electron chi connectivity index (χ4n) is 2.33. The molecule has 0 radical (unpaired) electrons. The molecule has 7 heteroatoms. The Labute approximate surface area is 155 Å². The largest absolute Gasteiger partial charge is 0.457 e. The van der Waals surface area contributed by atoms with Crippen molar-refractivity contribution in [3.8, 4) is 11.5 Å². The van der Waals surface area contributed by atoms with Gasteiger partial charge in [-0.1, -0.05) is 18.2 Å². The van der Waals surface area contributed by atoms with Crippen molar-refractivity contribution >= 4 is 28.1 Å². The minimum atomic E-state index is -0.247. The molecule has 0 bridgehead atoms. The van der Waals surface area contributed by atoms with Gasteiger partial charge in [-0.05, 0) is 61.8 Å². The number of hydrogen-bond acceptors (Lipinski definition) is 5. The number of nitrogens with two attached hydrogens (primary N) is 1. The minimum absolute atomic E-state index is 0.0107. The fourth-order valence-corrected chi connectivity index (χ4v) is 3.09. The molecular weight excluding hydrogens is 348 g/mol. The molecule has 0 unspecified atom stereocenters. The van der Waals surface area contributed by atoms with Gasteiger partial charge in [0, 0.05) is 11.7 Å². The molecular formula is C19H20N4O2S. The van der Waals surface area contributed by atoms with Gasteiger partial charge in [0.1, 0.15) is 27.9 Å². The van der Waals surface area contributed by atoms with Crippen LogP contribution in [0, 0.1) is 0 Å². The summed E-state index contributed by atoms with van der Waals surface area (Å²) in [6.07, 6.45) is 0. The highest BCUT2D eigenvalue weighted by Crippen LogP contribution is 2.26. The van der Waals surface area contributed by atoms with Gasteiger partial charge >= 0.3 is 0 Å². The van der Waals surface area contributed by atoms with Crippen LogP contribution in [0.3, 0.4) is 0 Å². The van der Waals surface area contributed by atoms with E-state index in [1.165, 1.54) is 11.5 Å². The lowest BCUT2D eigenvalue weighted by molar-refractivity contribution is 0.483. The maximum atomic E-state index is 12.0. The maximum Gasteiger partial charge on any atom is 0.271 e. The maximum absolute atomic E-state index is 12.0. The lowest BCUT2D eigenvalue weighted by atomic mass is 10.2. The smallest absolute Gasteiger partial charge is 0.271 e. The molecule has 26 heavy (non-hydrogen) atoms. The number of para-hydroxylation sites is 1. The van der Waals surface area contributed by atoms with Gasteiger partial charge in [-0.3, -0.25) is 14.2 Å². The first-order valence-corrected chi connectivity index (χ1v) is 8.99. The van der Waals surface area contributed by atoms with Crippen LogP contribution in [-0.4, -0.2) is 16.3 Å². The van der Waals surface area contributed by atoms with Crippen LogP contribution in [0.1, 0.15) is 19.4 Å². The van der Waals surface area contributed by atoms with Crippen LogP contribution in [0.2, 0.25) is 0 Å². The molecule has 1 heterocycles. The molecule has 1 aromatic heterocycles. The van der Waals surface area contributed by atoms with Crippen molar-refractivity contribution in [1.29, 1.82) is 0 Å². The van der Waals surface area contributed by atoms with Crippen LogP contribution in [-0.2, 0) is 0 Å². The summed E-state index contributed by atoms with van der Waals surface area (Å²) >= 11 is 1.19. The molecule has 3 aromatic rings. The van der Waals surface area contributed by atoms with E-state index in [0.29, 0.717) is 10.6 Å². The van der Waals surface area contributed by atoms with Crippen LogP contribution in [0.5, 0.6) is 11.5 Å². The van der Waals surface area contributed by atoms with E-state index in [4.69, 9.17) is 10.5 Å². The highest BCUT2D eigenvalue weighted by atomic mass is 32.1. The number of amidine groups is 1. The van der Waals surface area contributed by atoms with Crippen molar-refractivity contribution in [1.82, 2.24) is 4.37 Å². The number of nitrogens with zero attached hydrogens (tertiary/aromatic N) is 1. The van der Waals surface area contributed by atoms with Gasteiger partial charge in [0.2, 0.25) is 0 Å². The van der Waals surface area contributed by atoms with Crippen molar-refractivity contribution in [2.45, 2.75) is 19.9 Å². The zero-order chi connectivity index (χ0) is 18.5. The summed E-state index contributed by atoms with van der Waals surface area (Å²) in [5, 5.41) is 3.84. The van der Waals surface area contributed by atoms with Crippen LogP contribution in [0.15, 0.2) is 64.4 Å². The van der Waals surface area contributed by atoms with Gasteiger partial charge in [0.05, 0.1) is 0 Å². The topological polar surface area (TPSA) is 92.5 Å². The van der Waals surface area contributed by atoms with E-state index in [-0.39, 0.29) is 17.4 Å². The Bertz CT molecular complexity index is 944. The predicted octanol–water partition coefficient (Wildman–Crippen LogP) is 4.09. The first kappa shape index (κ1) is 17.8. The Balaban J connectivity index is 1.77. The van der Waals surface area contributed by atoms with Gasteiger partial charge in [0.15, 0.2) is 0 Å². The van der Waals surface area contributed by atoms with Crippen LogP contribution in [0.25, 0.3) is 0 Å². The lowest BCUT2D eigenvalue weighted by Crippen LogP contribution is -2.23. The molecule has 6 nitrogen and oxygen atoms in total. The summed E-state index contributed by atoms with van der Waals surface area (Å²) in [5.41, 5.74) is 6.92. The first-order valence-electron chi connectivity index (χ1n) is 8.18. The molecule has 0 saturated carbocycles. The van der Waals surface area contributed by atoms with E-state index in [9.17, 15) is 4.79 Å². The van der Waals surface area contributed by atoms with Crippen LogP contribution < -0.4 is 21.3 Å². The zero-order valence-electron chi connectivity index (χ0n) is 14.5. The third-order valence-electron chi connectivity index (χ3n) is 3.44. The van der Waals surface area contributed by atoms with E-state index in [1.54, 1.807) is 0 Å². The molecule has 0 saturated heterocycles. The Kier molecular flexibility index (Phi) is 5.38. The van der Waals surface area contributed by atoms with Crippen molar-refractivity contribution in [2.24, 2.45) is 10.7 Å². The second-order valence-electron chi connectivity index (χ2n) is 5.91. The molecule has 2 aromatic carbocycles. The summed E-state index contributed by atoms with van der Waals surface area (Å²) in [5.74, 6) is 1.73. The van der Waals surface area contributed by atoms with Crippen molar-refractivity contribution in [3.05, 3.63) is 70.5 Å². The summed E-state index contributed by atoms with van der Waals surface area (Å²) in [6.45, 7) is 3.82. The third kappa shape index (κ3) is 4.31. The van der Waals surface area contributed by atoms with Crippen LogP contribution >= 0.6 is 11.5 Å². The molecule has 0 spiro atoms. The van der Waals surface area contributed by atoms with Crippen molar-refractivity contribution < 1.29 is 4.74 Å². The summed E-state index contributed by atoms with van der Waals surface area (Å²) in [6, 6.07) is 17.0. The van der Waals surface area contributed by atoms with Gasteiger partial charge in [-0.25, -0.2) is 0 Å². The normalized spacial score (nSPS) is 11.6. The Morgan fingerprint density at radius 1 is 1.12 bits per heavy atom. The monoisotopic (exact) mass is 368 g/mol. The Morgan fingerprint density at radius 2 is 1.77 bits per heavy atom. The number of aromatic nitrogens is 1. The van der Waals surface area contributed by atoms with E-state index in [1.807, 2.05) is 68.4 Å². The fraction of sp³-hybridized carbons (Fsp3) is 0.158. The number of nitrogens with one attached hydrogen (secondary N) is 2. The molecule has 0 fully saturated rings. The molecule has 0 aliphatic rings. The van der Waals surface area contributed by atoms with Gasteiger partial charge in [0.25, 0.3) is 5.56 Å². The zero-order valence-corrected chi connectivity index (χ0v) is 15.3. The number of aromatic amines is 1. The minimum Gasteiger partial charge on any atom is -0.457 e. The predicted molar refractivity (Wildman–Crippen MR) is 107 cm³/mol. The van der Waals surface area contributed by atoms with E-state index < -0.39 is 0 Å². The average molecular weight is 368 g/mol. The standard InChI is InChI=1S/C19H20N4O2S/c1-12(2)21-17(20)16-18(24)23-26-19(16)22-13-8-10-15(11-9-13)25-14-6-4-3-5-7-14/h3-12,22H,1-2H3,(H2,20,21)(H,23,24). The molecule has 0 aliphatic heterocycles. The summed E-state index contributed by atoms with van der Waals surface area (Å²) in [7, 11) is 0. The van der Waals surface area contributed by atoms with Crippen molar-refractivity contribution in [3.63, 3.8) is 0 Å². The number of hydrogen-bond donors (Lipinski definition) is 3. The second-order valence-corrected chi connectivity index (χ2v) is 6.73. The summed E-state index contributed by atoms with van der Waals surface area (Å²) in [4.78, 5) is 16.3. The van der Waals surface area contributed by atoms with Crippen molar-refractivity contribution in [2.75, 3.05) is 5.32 Å². The number of rotatable bonds is 6. The molecule has 0 atom stereocenters. The molecule has 4 N–H and O–H groups in total. The van der Waals surface area contributed by atoms with Gasteiger partial charge in [-0.2, -0.15) is 0 Å². The molecule has 0 amide bonds. The SMILES string of the molecule is CC(C)N=C(N)c1c(Nc2ccc(Oc3ccccc3)cc2)s[nH]c1=O. The Morgan fingerprint density at radius 3 is 2.42 bits per heavy atom. The van der Waals surface area contributed by atoms with Crippen LogP contribution in [0.4, 0.5) is 10.7 Å². The number of aliphatic imine (C=N–C) groups is 1. The van der Waals surface area contributed by atoms with E-state index in [2.05, 4.69) is 14.7 Å². The first-order chi connectivity index (χ1) is 12.5. The summed E-state index contributed by atoms with van der Waals surface area (Å²) < 4.78 is 8.47.